The van der Waals surface area contributed by atoms with Crippen LogP contribution in [0, 0.1) is 11.6 Å². The highest BCUT2D eigenvalue weighted by Crippen LogP contribution is 2.28. The Hall–Kier alpha value is -3.53. The van der Waals surface area contributed by atoms with Crippen LogP contribution in [0.15, 0.2) is 48.5 Å². The summed E-state index contributed by atoms with van der Waals surface area (Å²) < 4.78 is 26.6. The lowest BCUT2D eigenvalue weighted by Gasteiger charge is -2.54. The zero-order valence-electron chi connectivity index (χ0n) is 21.2. The van der Waals surface area contributed by atoms with Gasteiger partial charge in [0, 0.05) is 20.1 Å². The molecular formula is C27H33F2N5O3. The number of urea groups is 1. The van der Waals surface area contributed by atoms with Gasteiger partial charge in [0.1, 0.15) is 23.8 Å². The van der Waals surface area contributed by atoms with E-state index in [0.717, 1.165) is 24.0 Å². The van der Waals surface area contributed by atoms with E-state index >= 15 is 0 Å². The lowest BCUT2D eigenvalue weighted by Crippen LogP contribution is -2.76. The van der Waals surface area contributed by atoms with E-state index in [9.17, 15) is 23.2 Å². The van der Waals surface area contributed by atoms with E-state index < -0.39 is 18.2 Å². The molecule has 0 aliphatic carbocycles. The Morgan fingerprint density at radius 1 is 1.00 bits per heavy atom. The van der Waals surface area contributed by atoms with Crippen molar-refractivity contribution in [1.82, 2.24) is 25.1 Å². The third-order valence-electron chi connectivity index (χ3n) is 6.92. The van der Waals surface area contributed by atoms with Crippen molar-refractivity contribution in [2.24, 2.45) is 0 Å². The van der Waals surface area contributed by atoms with Crippen LogP contribution in [0.2, 0.25) is 0 Å². The Bertz CT molecular complexity index is 1110. The lowest BCUT2D eigenvalue weighted by atomic mass is 10.0. The third kappa shape index (κ3) is 6.07. The number of carbonyl (C=O) groups is 3. The molecule has 0 bridgehead atoms. The standard InChI is InChI=1S/C27H33F2N5O3/c1-3-4-5-23-26(36)32(15-14-19-6-10-21(28)11-7-19)17-24-33(23)25(35)18-31(2)34(24)27(37)30-16-20-8-12-22(29)13-9-20/h6-13,23-24H,3-5,14-18H2,1-2H3,(H,30,37)/t23-,24-/m0/s1. The van der Waals surface area contributed by atoms with Crippen molar-refractivity contribution < 1.29 is 23.2 Å². The molecule has 2 aromatic carbocycles. The molecule has 10 heteroatoms. The van der Waals surface area contributed by atoms with Crippen LogP contribution in [-0.2, 0) is 22.6 Å². The van der Waals surface area contributed by atoms with Crippen molar-refractivity contribution in [3.05, 3.63) is 71.3 Å². The van der Waals surface area contributed by atoms with E-state index in [2.05, 4.69) is 5.32 Å². The van der Waals surface area contributed by atoms with Crippen molar-refractivity contribution in [3.8, 4) is 0 Å². The molecule has 2 saturated heterocycles. The normalized spacial score (nSPS) is 20.3. The number of rotatable bonds is 8. The van der Waals surface area contributed by atoms with Gasteiger partial charge in [-0.15, -0.1) is 0 Å². The highest BCUT2D eigenvalue weighted by atomic mass is 19.1. The summed E-state index contributed by atoms with van der Waals surface area (Å²) in [4.78, 5) is 43.3. The highest BCUT2D eigenvalue weighted by molar-refractivity contribution is 5.91. The van der Waals surface area contributed by atoms with Gasteiger partial charge in [-0.25, -0.2) is 23.6 Å². The van der Waals surface area contributed by atoms with E-state index in [4.69, 9.17) is 0 Å². The Morgan fingerprint density at radius 3 is 2.24 bits per heavy atom. The quantitative estimate of drug-likeness (QED) is 0.589. The molecule has 0 unspecified atom stereocenters. The predicted molar refractivity (Wildman–Crippen MR) is 134 cm³/mol. The van der Waals surface area contributed by atoms with Gasteiger partial charge in [0.25, 0.3) is 0 Å². The Labute approximate surface area is 215 Å². The number of unbranched alkanes of at least 4 members (excludes halogenated alkanes) is 1. The van der Waals surface area contributed by atoms with Gasteiger partial charge < -0.3 is 15.1 Å². The van der Waals surface area contributed by atoms with Crippen molar-refractivity contribution in [2.45, 2.75) is 51.4 Å². The van der Waals surface area contributed by atoms with Crippen LogP contribution < -0.4 is 5.32 Å². The number of likely N-dealkylation sites (N-methyl/N-ethyl adjacent to an activating group) is 1. The largest absolute Gasteiger partial charge is 0.337 e. The lowest BCUT2D eigenvalue weighted by molar-refractivity contribution is -0.187. The maximum Gasteiger partial charge on any atom is 0.334 e. The van der Waals surface area contributed by atoms with Gasteiger partial charge in [0.2, 0.25) is 11.8 Å². The molecule has 1 N–H and O–H groups in total. The second-order valence-electron chi connectivity index (χ2n) is 9.55. The Balaban J connectivity index is 1.54. The van der Waals surface area contributed by atoms with Gasteiger partial charge in [-0.05, 0) is 48.2 Å². The van der Waals surface area contributed by atoms with Crippen LogP contribution in [-0.4, -0.2) is 76.6 Å². The number of halogens is 2. The summed E-state index contributed by atoms with van der Waals surface area (Å²) in [6.07, 6.45) is 2.02. The van der Waals surface area contributed by atoms with Crippen LogP contribution in [0.25, 0.3) is 0 Å². The number of nitrogens with one attached hydrogen (secondary N) is 1. The van der Waals surface area contributed by atoms with Crippen molar-refractivity contribution in [3.63, 3.8) is 0 Å². The molecule has 0 aromatic heterocycles. The van der Waals surface area contributed by atoms with Crippen molar-refractivity contribution in [1.29, 1.82) is 0 Å². The summed E-state index contributed by atoms with van der Waals surface area (Å²) >= 11 is 0. The molecule has 37 heavy (non-hydrogen) atoms. The van der Waals surface area contributed by atoms with Crippen molar-refractivity contribution in [2.75, 3.05) is 26.7 Å². The van der Waals surface area contributed by atoms with E-state index in [-0.39, 0.29) is 43.1 Å². The van der Waals surface area contributed by atoms with E-state index in [1.807, 2.05) is 6.92 Å². The van der Waals surface area contributed by atoms with Gasteiger partial charge in [-0.3, -0.25) is 9.59 Å². The second kappa shape index (κ2) is 11.7. The smallest absolute Gasteiger partial charge is 0.334 e. The Morgan fingerprint density at radius 2 is 1.62 bits per heavy atom. The van der Waals surface area contributed by atoms with Crippen LogP contribution in [0.4, 0.5) is 13.6 Å². The van der Waals surface area contributed by atoms with E-state index in [1.165, 1.54) is 29.3 Å². The number of hydrogen-bond donors (Lipinski definition) is 1. The molecule has 2 aromatic rings. The number of hydrogen-bond acceptors (Lipinski definition) is 4. The van der Waals surface area contributed by atoms with Gasteiger partial charge in [0.15, 0.2) is 0 Å². The fraction of sp³-hybridized carbons (Fsp3) is 0.444. The first-order valence-electron chi connectivity index (χ1n) is 12.7. The molecule has 0 saturated carbocycles. The highest BCUT2D eigenvalue weighted by Gasteiger charge is 2.50. The third-order valence-corrected chi connectivity index (χ3v) is 6.92. The summed E-state index contributed by atoms with van der Waals surface area (Å²) in [6.45, 7) is 2.75. The average molecular weight is 514 g/mol. The average Bonchev–Trinajstić information content (AvgIpc) is 2.87. The van der Waals surface area contributed by atoms with Gasteiger partial charge in [0.05, 0.1) is 13.1 Å². The molecule has 2 fully saturated rings. The van der Waals surface area contributed by atoms with Gasteiger partial charge in [-0.1, -0.05) is 44.0 Å². The molecule has 4 amide bonds. The van der Waals surface area contributed by atoms with Crippen LogP contribution in [0.3, 0.4) is 0 Å². The second-order valence-corrected chi connectivity index (χ2v) is 9.55. The fourth-order valence-corrected chi connectivity index (χ4v) is 4.96. The predicted octanol–water partition coefficient (Wildman–Crippen LogP) is 3.14. The molecule has 0 spiro atoms. The number of fused-ring (bicyclic) bond motifs is 1. The first kappa shape index (κ1) is 26.5. The summed E-state index contributed by atoms with van der Waals surface area (Å²) in [5, 5.41) is 5.94. The van der Waals surface area contributed by atoms with Gasteiger partial charge >= 0.3 is 6.03 Å². The summed E-state index contributed by atoms with van der Waals surface area (Å²) in [7, 11) is 1.67. The van der Waals surface area contributed by atoms with E-state index in [0.29, 0.717) is 19.4 Å². The molecule has 0 radical (unpaired) electrons. The molecule has 2 aliphatic rings. The van der Waals surface area contributed by atoms with Crippen LogP contribution >= 0.6 is 0 Å². The zero-order chi connectivity index (χ0) is 26.5. The first-order valence-corrected chi connectivity index (χ1v) is 12.7. The number of amides is 4. The molecule has 2 heterocycles. The molecule has 198 valence electrons. The summed E-state index contributed by atoms with van der Waals surface area (Å²) in [6, 6.07) is 11.0. The number of hydrazine groups is 1. The zero-order valence-corrected chi connectivity index (χ0v) is 21.2. The fourth-order valence-electron chi connectivity index (χ4n) is 4.96. The summed E-state index contributed by atoms with van der Waals surface area (Å²) in [5.41, 5.74) is 1.63. The number of piperazine rings is 1. The Kier molecular flexibility index (Phi) is 8.38. The summed E-state index contributed by atoms with van der Waals surface area (Å²) in [5.74, 6) is -0.996. The van der Waals surface area contributed by atoms with Crippen LogP contribution in [0.5, 0.6) is 0 Å². The minimum Gasteiger partial charge on any atom is -0.337 e. The molecular weight excluding hydrogens is 480 g/mol. The monoisotopic (exact) mass is 513 g/mol. The molecule has 8 nitrogen and oxygen atoms in total. The number of carbonyl (C=O) groups excluding carboxylic acids is 3. The maximum absolute atomic E-state index is 13.5. The SMILES string of the molecule is CCCC[C@H]1C(=O)N(CCc2ccc(F)cc2)C[C@H]2N1C(=O)CN(C)N2C(=O)NCc1ccc(F)cc1. The van der Waals surface area contributed by atoms with Crippen molar-refractivity contribution >= 4 is 17.8 Å². The first-order chi connectivity index (χ1) is 17.8. The molecule has 2 atom stereocenters. The number of benzene rings is 2. The maximum atomic E-state index is 13.5. The molecule has 4 rings (SSSR count). The van der Waals surface area contributed by atoms with E-state index in [1.54, 1.807) is 46.1 Å². The molecule has 2 aliphatic heterocycles. The van der Waals surface area contributed by atoms with Gasteiger partial charge in [-0.2, -0.15) is 0 Å². The van der Waals surface area contributed by atoms with Crippen LogP contribution in [0.1, 0.15) is 37.3 Å². The number of nitrogens with zero attached hydrogens (tertiary/aromatic N) is 4. The topological polar surface area (TPSA) is 76.2 Å². The minimum absolute atomic E-state index is 0.0219. The minimum atomic E-state index is -0.660.